The van der Waals surface area contributed by atoms with E-state index >= 15 is 0 Å². The van der Waals surface area contributed by atoms with Crippen molar-refractivity contribution in [1.29, 1.82) is 0 Å². The normalized spacial score (nSPS) is 18.7. The summed E-state index contributed by atoms with van der Waals surface area (Å²) in [4.78, 5) is 14.2. The number of nitrogens with zero attached hydrogens (tertiary/aromatic N) is 1. The number of sulfonamides is 1. The average Bonchev–Trinajstić information content (AvgIpc) is 2.55. The molecule has 6 nitrogen and oxygen atoms in total. The summed E-state index contributed by atoms with van der Waals surface area (Å²) in [5, 5.41) is 2.72. The molecule has 0 saturated carbocycles. The van der Waals surface area contributed by atoms with Gasteiger partial charge in [-0.05, 0) is 38.8 Å². The lowest BCUT2D eigenvalue weighted by atomic mass is 9.95. The van der Waals surface area contributed by atoms with Gasteiger partial charge in [0.05, 0.1) is 11.8 Å². The molecule has 2 amide bonds. The Balaban J connectivity index is 2.00. The second-order valence-electron chi connectivity index (χ2n) is 5.87. The van der Waals surface area contributed by atoms with Crippen LogP contribution in [0.25, 0.3) is 0 Å². The Hall–Kier alpha value is -1.60. The second kappa shape index (κ2) is 7.79. The van der Waals surface area contributed by atoms with E-state index in [-0.39, 0.29) is 24.4 Å². The fourth-order valence-corrected chi connectivity index (χ4v) is 3.38. The molecule has 0 spiro atoms. The molecule has 0 aliphatic carbocycles. The summed E-state index contributed by atoms with van der Waals surface area (Å²) in [6.45, 7) is 2.85. The van der Waals surface area contributed by atoms with Crippen LogP contribution in [0.4, 0.5) is 4.79 Å². The van der Waals surface area contributed by atoms with Crippen LogP contribution in [0.1, 0.15) is 36.4 Å². The van der Waals surface area contributed by atoms with Crippen LogP contribution in [0.3, 0.4) is 0 Å². The molecule has 1 aliphatic rings. The maximum absolute atomic E-state index is 12.4. The highest BCUT2D eigenvalue weighted by Crippen LogP contribution is 2.30. The molecule has 1 aromatic carbocycles. The third-order valence-corrected chi connectivity index (χ3v) is 5.55. The monoisotopic (exact) mass is 339 g/mol. The minimum atomic E-state index is -3.30. The number of aryl methyl sites for hydroxylation is 1. The van der Waals surface area contributed by atoms with Crippen LogP contribution in [0.2, 0.25) is 0 Å². The van der Waals surface area contributed by atoms with Gasteiger partial charge in [0, 0.05) is 13.1 Å². The van der Waals surface area contributed by atoms with Gasteiger partial charge in [-0.15, -0.1) is 0 Å². The lowest BCUT2D eigenvalue weighted by Gasteiger charge is -2.36. The van der Waals surface area contributed by atoms with Crippen molar-refractivity contribution in [2.45, 2.75) is 32.2 Å². The molecule has 2 N–H and O–H groups in total. The third-order valence-electron chi connectivity index (χ3n) is 4.18. The summed E-state index contributed by atoms with van der Waals surface area (Å²) >= 11 is 0. The predicted octanol–water partition coefficient (Wildman–Crippen LogP) is 1.78. The van der Waals surface area contributed by atoms with E-state index in [1.165, 1.54) is 12.6 Å². The number of urea groups is 1. The fourth-order valence-electron chi connectivity index (χ4n) is 2.81. The van der Waals surface area contributed by atoms with Gasteiger partial charge in [-0.2, -0.15) is 0 Å². The zero-order valence-corrected chi connectivity index (χ0v) is 14.5. The summed E-state index contributed by atoms with van der Waals surface area (Å²) in [5.41, 5.74) is 2.33. The molecule has 0 bridgehead atoms. The van der Waals surface area contributed by atoms with Gasteiger partial charge >= 0.3 is 6.03 Å². The van der Waals surface area contributed by atoms with Gasteiger partial charge in [0.25, 0.3) is 0 Å². The van der Waals surface area contributed by atoms with E-state index in [0.717, 1.165) is 24.8 Å². The van der Waals surface area contributed by atoms with Crippen LogP contribution in [0.5, 0.6) is 0 Å². The summed E-state index contributed by atoms with van der Waals surface area (Å²) in [6, 6.07) is 8.11. The van der Waals surface area contributed by atoms with Crippen LogP contribution in [0.15, 0.2) is 24.3 Å². The molecule has 0 radical (unpaired) electrons. The Morgan fingerprint density at radius 3 is 2.61 bits per heavy atom. The summed E-state index contributed by atoms with van der Waals surface area (Å²) in [6.07, 6.45) is 3.01. The predicted molar refractivity (Wildman–Crippen MR) is 90.7 cm³/mol. The van der Waals surface area contributed by atoms with E-state index in [1.807, 2.05) is 11.8 Å². The van der Waals surface area contributed by atoms with Crippen molar-refractivity contribution in [2.75, 3.05) is 25.9 Å². The molecule has 1 aliphatic heterocycles. The van der Waals surface area contributed by atoms with E-state index in [1.54, 1.807) is 0 Å². The first-order chi connectivity index (χ1) is 10.9. The minimum Gasteiger partial charge on any atom is -0.337 e. The average molecular weight is 339 g/mol. The summed E-state index contributed by atoms with van der Waals surface area (Å²) < 4.78 is 25.0. The highest BCUT2D eigenvalue weighted by atomic mass is 32.2. The van der Waals surface area contributed by atoms with Crippen LogP contribution < -0.4 is 10.0 Å². The molecule has 7 heteroatoms. The maximum Gasteiger partial charge on any atom is 0.317 e. The highest BCUT2D eigenvalue weighted by Gasteiger charge is 2.27. The van der Waals surface area contributed by atoms with E-state index in [0.29, 0.717) is 6.54 Å². The number of likely N-dealkylation sites (tertiary alicyclic amines) is 1. The lowest BCUT2D eigenvalue weighted by Crippen LogP contribution is -2.46. The third kappa shape index (κ3) is 4.94. The van der Waals surface area contributed by atoms with Crippen LogP contribution in [-0.4, -0.2) is 45.2 Å². The van der Waals surface area contributed by atoms with E-state index in [9.17, 15) is 13.2 Å². The number of benzene rings is 1. The molecule has 0 aromatic heterocycles. The van der Waals surface area contributed by atoms with Crippen LogP contribution in [0, 0.1) is 6.92 Å². The molecule has 2 rings (SSSR count). The smallest absolute Gasteiger partial charge is 0.317 e. The summed E-state index contributed by atoms with van der Waals surface area (Å²) in [7, 11) is -1.93. The van der Waals surface area contributed by atoms with Gasteiger partial charge < -0.3 is 10.2 Å². The number of rotatable bonds is 5. The molecule has 1 saturated heterocycles. The van der Waals surface area contributed by atoms with Crippen molar-refractivity contribution in [3.8, 4) is 0 Å². The number of hydrogen-bond donors (Lipinski definition) is 2. The van der Waals surface area contributed by atoms with Crippen molar-refractivity contribution < 1.29 is 13.2 Å². The molecule has 1 aromatic rings. The van der Waals surface area contributed by atoms with Crippen molar-refractivity contribution >= 4 is 16.1 Å². The Bertz CT molecular complexity index is 628. The van der Waals surface area contributed by atoms with Crippen molar-refractivity contribution in [3.05, 3.63) is 35.4 Å². The molecule has 0 unspecified atom stereocenters. The number of carbonyl (C=O) groups is 1. The van der Waals surface area contributed by atoms with Crippen molar-refractivity contribution in [3.63, 3.8) is 0 Å². The fraction of sp³-hybridized carbons (Fsp3) is 0.562. The Labute approximate surface area is 138 Å². The van der Waals surface area contributed by atoms with Gasteiger partial charge in [-0.25, -0.2) is 17.9 Å². The first kappa shape index (κ1) is 17.7. The second-order valence-corrected chi connectivity index (χ2v) is 7.92. The topological polar surface area (TPSA) is 78.5 Å². The molecule has 1 atom stereocenters. The first-order valence-electron chi connectivity index (χ1n) is 7.95. The first-order valence-corrected chi connectivity index (χ1v) is 9.60. The Morgan fingerprint density at radius 2 is 1.96 bits per heavy atom. The SMILES string of the molecule is CNS(=O)(=O)CCNC(=O)N1CCCC[C@H]1c1ccc(C)cc1. The largest absolute Gasteiger partial charge is 0.337 e. The van der Waals surface area contributed by atoms with Gasteiger partial charge in [0.1, 0.15) is 0 Å². The number of piperidine rings is 1. The number of carbonyl (C=O) groups excluding carboxylic acids is 1. The standard InChI is InChI=1S/C16H25N3O3S/c1-13-6-8-14(9-7-13)15-5-3-4-11-19(15)16(20)18-10-12-23(21,22)17-2/h6-9,15,17H,3-5,10-12H2,1-2H3,(H,18,20)/t15-/m0/s1. The molecule has 1 heterocycles. The molecule has 23 heavy (non-hydrogen) atoms. The quantitative estimate of drug-likeness (QED) is 0.858. The van der Waals surface area contributed by atoms with Crippen LogP contribution in [-0.2, 0) is 10.0 Å². The van der Waals surface area contributed by atoms with Gasteiger partial charge in [0.2, 0.25) is 10.0 Å². The number of hydrogen-bond acceptors (Lipinski definition) is 3. The van der Waals surface area contributed by atoms with Gasteiger partial charge in [-0.3, -0.25) is 0 Å². The zero-order chi connectivity index (χ0) is 16.9. The lowest BCUT2D eigenvalue weighted by molar-refractivity contribution is 0.152. The highest BCUT2D eigenvalue weighted by molar-refractivity contribution is 7.89. The molecule has 1 fully saturated rings. The van der Waals surface area contributed by atoms with Crippen molar-refractivity contribution in [2.24, 2.45) is 0 Å². The molecular formula is C16H25N3O3S. The van der Waals surface area contributed by atoms with Gasteiger partial charge in [0.15, 0.2) is 0 Å². The van der Waals surface area contributed by atoms with Crippen LogP contribution >= 0.6 is 0 Å². The van der Waals surface area contributed by atoms with Gasteiger partial charge in [-0.1, -0.05) is 29.8 Å². The summed E-state index contributed by atoms with van der Waals surface area (Å²) in [5.74, 6) is -0.113. The van der Waals surface area contributed by atoms with Crippen molar-refractivity contribution in [1.82, 2.24) is 14.9 Å². The maximum atomic E-state index is 12.4. The minimum absolute atomic E-state index is 0.0604. The zero-order valence-electron chi connectivity index (χ0n) is 13.7. The molecule has 128 valence electrons. The Kier molecular flexibility index (Phi) is 6.01. The Morgan fingerprint density at radius 1 is 1.26 bits per heavy atom. The molecular weight excluding hydrogens is 314 g/mol. The van der Waals surface area contributed by atoms with E-state index in [4.69, 9.17) is 0 Å². The number of nitrogens with one attached hydrogen (secondary N) is 2. The van der Waals surface area contributed by atoms with E-state index in [2.05, 4.69) is 34.3 Å². The number of amides is 2. The van der Waals surface area contributed by atoms with E-state index < -0.39 is 10.0 Å².